The number of anilines is 1. The molecule has 2 aromatic rings. The van der Waals surface area contributed by atoms with Gasteiger partial charge in [-0.25, -0.2) is 27.6 Å². The van der Waals surface area contributed by atoms with E-state index in [4.69, 9.17) is 9.47 Å². The van der Waals surface area contributed by atoms with Crippen molar-refractivity contribution in [2.24, 2.45) is 7.05 Å². The van der Waals surface area contributed by atoms with E-state index < -0.39 is 16.1 Å². The van der Waals surface area contributed by atoms with E-state index in [2.05, 4.69) is 20.4 Å². The Morgan fingerprint density at radius 3 is 2.48 bits per heavy atom. The van der Waals surface area contributed by atoms with Gasteiger partial charge in [-0.2, -0.15) is 10.1 Å². The molecule has 0 spiro atoms. The molecule has 0 saturated carbocycles. The van der Waals surface area contributed by atoms with Crippen molar-refractivity contribution in [2.75, 3.05) is 19.5 Å². The summed E-state index contributed by atoms with van der Waals surface area (Å²) < 4.78 is 38.1. The molecule has 0 aliphatic carbocycles. The molecule has 2 heterocycles. The fourth-order valence-corrected chi connectivity index (χ4v) is 3.42. The molecule has 0 unspecified atom stereocenters. The monoisotopic (exact) mass is 370 g/mol. The van der Waals surface area contributed by atoms with Gasteiger partial charge in [0.25, 0.3) is 10.0 Å². The number of methoxy groups -OCH3 is 2. The van der Waals surface area contributed by atoms with Gasteiger partial charge in [0.1, 0.15) is 0 Å². The summed E-state index contributed by atoms with van der Waals surface area (Å²) in [6.45, 7) is 3.16. The Bertz CT molecular complexity index is 908. The van der Waals surface area contributed by atoms with Crippen LogP contribution < -0.4 is 19.5 Å². The quantitative estimate of drug-likeness (QED) is 0.769. The predicted octanol–water partition coefficient (Wildman–Crippen LogP) is 0.355. The summed E-state index contributed by atoms with van der Waals surface area (Å²) >= 11 is 0. The zero-order chi connectivity index (χ0) is 18.8. The molecular weight excluding hydrogens is 352 g/mol. The van der Waals surface area contributed by atoms with E-state index in [1.165, 1.54) is 32.9 Å². The van der Waals surface area contributed by atoms with Crippen LogP contribution in [0.5, 0.6) is 11.8 Å². The number of hydrogen-bond donors (Lipinski definition) is 2. The zero-order valence-electron chi connectivity index (χ0n) is 14.3. The van der Waals surface area contributed by atoms with Gasteiger partial charge in [0.2, 0.25) is 17.7 Å². The average molecular weight is 370 g/mol. The number of amides is 2. The van der Waals surface area contributed by atoms with Gasteiger partial charge in [-0.15, -0.1) is 0 Å². The maximum absolute atomic E-state index is 12.5. The molecule has 0 aliphatic heterocycles. The second-order valence-electron chi connectivity index (χ2n) is 4.98. The first-order chi connectivity index (χ1) is 11.7. The summed E-state index contributed by atoms with van der Waals surface area (Å²) in [5, 5.41) is 6.22. The summed E-state index contributed by atoms with van der Waals surface area (Å²) in [4.78, 5) is 19.7. The molecule has 0 radical (unpaired) electrons. The predicted molar refractivity (Wildman–Crippen MR) is 87.2 cm³/mol. The maximum atomic E-state index is 12.5. The molecule has 2 amide bonds. The van der Waals surface area contributed by atoms with Crippen LogP contribution in [0.25, 0.3) is 0 Å². The summed E-state index contributed by atoms with van der Waals surface area (Å²) in [5.41, 5.74) is 0.725. The van der Waals surface area contributed by atoms with Crippen LogP contribution in [-0.4, -0.2) is 48.4 Å². The molecule has 2 rings (SSSR count). The van der Waals surface area contributed by atoms with Gasteiger partial charge in [0, 0.05) is 18.8 Å². The molecule has 2 N–H and O–H groups in total. The third-order valence-corrected chi connectivity index (χ3v) is 4.53. The van der Waals surface area contributed by atoms with Gasteiger partial charge in [0.05, 0.1) is 19.9 Å². The van der Waals surface area contributed by atoms with Crippen molar-refractivity contribution in [3.8, 4) is 11.8 Å². The van der Waals surface area contributed by atoms with Gasteiger partial charge in [-0.05, 0) is 13.8 Å². The Kier molecular flexibility index (Phi) is 5.11. The molecule has 0 aromatic carbocycles. The number of sulfonamides is 1. The van der Waals surface area contributed by atoms with Crippen molar-refractivity contribution in [1.29, 1.82) is 0 Å². The van der Waals surface area contributed by atoms with Crippen molar-refractivity contribution in [1.82, 2.24) is 24.5 Å². The minimum absolute atomic E-state index is 0.00581. The van der Waals surface area contributed by atoms with E-state index in [0.29, 0.717) is 5.69 Å². The lowest BCUT2D eigenvalue weighted by Gasteiger charge is -2.09. The third-order valence-electron chi connectivity index (χ3n) is 3.07. The Hall–Kier alpha value is -2.89. The number of hydrogen-bond acceptors (Lipinski definition) is 8. The molecule has 2 aromatic heterocycles. The molecule has 0 aliphatic rings. The number of aromatic nitrogens is 4. The second-order valence-corrected chi connectivity index (χ2v) is 6.60. The molecule has 11 nitrogen and oxygen atoms in total. The highest BCUT2D eigenvalue weighted by Crippen LogP contribution is 2.26. The Balaban J connectivity index is 2.24. The van der Waals surface area contributed by atoms with E-state index in [1.54, 1.807) is 13.0 Å². The number of ether oxygens (including phenoxy) is 2. The third kappa shape index (κ3) is 3.96. The van der Waals surface area contributed by atoms with Crippen molar-refractivity contribution in [3.05, 3.63) is 17.5 Å². The maximum Gasteiger partial charge on any atom is 0.335 e. The van der Waals surface area contributed by atoms with E-state index in [9.17, 15) is 13.2 Å². The number of urea groups is 1. The topological polar surface area (TPSA) is 137 Å². The van der Waals surface area contributed by atoms with Crippen LogP contribution in [0.15, 0.2) is 11.0 Å². The molecule has 136 valence electrons. The van der Waals surface area contributed by atoms with Crippen molar-refractivity contribution < 1.29 is 22.7 Å². The molecule has 0 atom stereocenters. The lowest BCUT2D eigenvalue weighted by atomic mass is 10.4. The number of nitrogens with zero attached hydrogens (tertiary/aromatic N) is 4. The van der Waals surface area contributed by atoms with Crippen LogP contribution in [0.2, 0.25) is 0 Å². The summed E-state index contributed by atoms with van der Waals surface area (Å²) in [6, 6.07) is 0.530. The van der Waals surface area contributed by atoms with Crippen molar-refractivity contribution in [3.63, 3.8) is 0 Å². The number of carbonyl (C=O) groups excluding carboxylic acids is 1. The van der Waals surface area contributed by atoms with Crippen molar-refractivity contribution >= 4 is 22.0 Å². The fourth-order valence-electron chi connectivity index (χ4n) is 2.15. The number of aryl methyl sites for hydroxylation is 3. The van der Waals surface area contributed by atoms with Gasteiger partial charge >= 0.3 is 6.03 Å². The van der Waals surface area contributed by atoms with Gasteiger partial charge < -0.3 is 9.47 Å². The Labute approximate surface area is 144 Å². The van der Waals surface area contributed by atoms with Crippen LogP contribution >= 0.6 is 0 Å². The highest BCUT2D eigenvalue weighted by atomic mass is 32.2. The minimum atomic E-state index is -4.22. The van der Waals surface area contributed by atoms with Crippen LogP contribution in [0.1, 0.15) is 11.4 Å². The van der Waals surface area contributed by atoms with E-state index >= 15 is 0 Å². The number of carbonyl (C=O) groups is 1. The van der Waals surface area contributed by atoms with E-state index in [-0.39, 0.29) is 28.3 Å². The smallest absolute Gasteiger partial charge is 0.335 e. The first-order valence-electron chi connectivity index (χ1n) is 6.99. The van der Waals surface area contributed by atoms with Crippen LogP contribution in [0, 0.1) is 13.8 Å². The van der Waals surface area contributed by atoms with Gasteiger partial charge in [-0.1, -0.05) is 0 Å². The standard InChI is InChI=1S/C13H18N6O5S/c1-7-6-9(23-4)15-12(14-7)16-13(20)18-25(21,22)10-8(2)17-19(3)11(10)24-5/h6H,1-5H3,(H2,14,15,16,18,20). The van der Waals surface area contributed by atoms with E-state index in [1.807, 2.05) is 4.72 Å². The summed E-state index contributed by atoms with van der Waals surface area (Å²) in [7, 11) is 0.0286. The lowest BCUT2D eigenvalue weighted by molar-refractivity contribution is 0.256. The number of rotatable bonds is 5. The molecule has 0 fully saturated rings. The Morgan fingerprint density at radius 1 is 1.20 bits per heavy atom. The average Bonchev–Trinajstić information content (AvgIpc) is 2.80. The Morgan fingerprint density at radius 2 is 1.88 bits per heavy atom. The highest BCUT2D eigenvalue weighted by Gasteiger charge is 2.29. The SMILES string of the molecule is COc1cc(C)nc(NC(=O)NS(=O)(=O)c2c(C)nn(C)c2OC)n1. The molecule has 0 saturated heterocycles. The van der Waals surface area contributed by atoms with Crippen LogP contribution in [0.4, 0.5) is 10.7 Å². The van der Waals surface area contributed by atoms with Crippen LogP contribution in [0.3, 0.4) is 0 Å². The first-order valence-corrected chi connectivity index (χ1v) is 8.47. The minimum Gasteiger partial charge on any atom is -0.481 e. The largest absolute Gasteiger partial charge is 0.481 e. The fraction of sp³-hybridized carbons (Fsp3) is 0.385. The first kappa shape index (κ1) is 18.4. The lowest BCUT2D eigenvalue weighted by Crippen LogP contribution is -2.35. The summed E-state index contributed by atoms with van der Waals surface area (Å²) in [6.07, 6.45) is 0. The van der Waals surface area contributed by atoms with Crippen LogP contribution in [-0.2, 0) is 17.1 Å². The zero-order valence-corrected chi connectivity index (χ0v) is 15.1. The molecular formula is C13H18N6O5S. The summed E-state index contributed by atoms with van der Waals surface area (Å²) in [5.74, 6) is 0.140. The highest BCUT2D eigenvalue weighted by molar-refractivity contribution is 7.90. The normalized spacial score (nSPS) is 11.1. The molecule has 25 heavy (non-hydrogen) atoms. The molecule has 12 heteroatoms. The van der Waals surface area contributed by atoms with Crippen molar-refractivity contribution in [2.45, 2.75) is 18.7 Å². The van der Waals surface area contributed by atoms with Gasteiger partial charge in [0.15, 0.2) is 4.90 Å². The number of nitrogens with one attached hydrogen (secondary N) is 2. The van der Waals surface area contributed by atoms with E-state index in [0.717, 1.165) is 0 Å². The van der Waals surface area contributed by atoms with Gasteiger partial charge in [-0.3, -0.25) is 5.32 Å². The second kappa shape index (κ2) is 6.93. The molecule has 0 bridgehead atoms.